The third-order valence-corrected chi connectivity index (χ3v) is 2.50. The van der Waals surface area contributed by atoms with Crippen LogP contribution < -0.4 is 0 Å². The Morgan fingerprint density at radius 2 is 1.44 bits per heavy atom. The van der Waals surface area contributed by atoms with Gasteiger partial charge in [-0.05, 0) is 25.7 Å². The second-order valence-electron chi connectivity index (χ2n) is 4.16. The summed E-state index contributed by atoms with van der Waals surface area (Å²) in [6.45, 7) is 5.97. The third kappa shape index (κ3) is 10.5. The molecule has 0 aliphatic carbocycles. The Labute approximate surface area is 102 Å². The Morgan fingerprint density at radius 3 is 1.88 bits per heavy atom. The normalized spacial score (nSPS) is 11.2. The first-order valence-electron chi connectivity index (χ1n) is 6.78. The summed E-state index contributed by atoms with van der Waals surface area (Å²) in [6.07, 6.45) is 8.46. The highest BCUT2D eigenvalue weighted by molar-refractivity contribution is 6.08. The van der Waals surface area contributed by atoms with E-state index in [1.54, 1.807) is 0 Å². The van der Waals surface area contributed by atoms with E-state index in [1.165, 1.54) is 12.8 Å². The molecule has 16 heavy (non-hydrogen) atoms. The summed E-state index contributed by atoms with van der Waals surface area (Å²) in [6, 6.07) is 0. The zero-order valence-corrected chi connectivity index (χ0v) is 11.0. The molecule has 0 amide bonds. The first-order valence-corrected chi connectivity index (χ1v) is 6.78. The lowest BCUT2D eigenvalue weighted by atomic mass is 9.99. The topological polar surface area (TPSA) is 18.5 Å². The SMILES string of the molecule is [B]CCCCC(OCCCC)OCCCC. The molecule has 2 radical (unpaired) electrons. The molecule has 0 atom stereocenters. The van der Waals surface area contributed by atoms with Crippen molar-refractivity contribution in [2.24, 2.45) is 0 Å². The van der Waals surface area contributed by atoms with E-state index in [1.807, 2.05) is 0 Å². The van der Waals surface area contributed by atoms with Crippen molar-refractivity contribution in [2.75, 3.05) is 13.2 Å². The lowest BCUT2D eigenvalue weighted by Crippen LogP contribution is -2.18. The van der Waals surface area contributed by atoms with Crippen LogP contribution in [-0.2, 0) is 9.47 Å². The van der Waals surface area contributed by atoms with Crippen LogP contribution in [0.5, 0.6) is 0 Å². The summed E-state index contributed by atoms with van der Waals surface area (Å²) in [7, 11) is 5.48. The minimum absolute atomic E-state index is 0.00958. The van der Waals surface area contributed by atoms with E-state index in [0.29, 0.717) is 0 Å². The molecule has 0 unspecified atom stereocenters. The Kier molecular flexibility index (Phi) is 13.0. The Morgan fingerprint density at radius 1 is 0.875 bits per heavy atom. The van der Waals surface area contributed by atoms with Gasteiger partial charge in [0.15, 0.2) is 6.29 Å². The van der Waals surface area contributed by atoms with Crippen LogP contribution in [-0.4, -0.2) is 27.4 Å². The zero-order valence-electron chi connectivity index (χ0n) is 11.0. The van der Waals surface area contributed by atoms with E-state index in [0.717, 1.165) is 51.6 Å². The van der Waals surface area contributed by atoms with Gasteiger partial charge in [-0.25, -0.2) is 0 Å². The van der Waals surface area contributed by atoms with Gasteiger partial charge in [0.05, 0.1) is 7.85 Å². The molecule has 0 aromatic carbocycles. The van der Waals surface area contributed by atoms with Gasteiger partial charge in [-0.3, -0.25) is 0 Å². The second-order valence-corrected chi connectivity index (χ2v) is 4.16. The van der Waals surface area contributed by atoms with E-state index in [4.69, 9.17) is 17.3 Å². The fourth-order valence-corrected chi connectivity index (χ4v) is 1.39. The van der Waals surface area contributed by atoms with Gasteiger partial charge in [-0.15, -0.1) is 0 Å². The fraction of sp³-hybridized carbons (Fsp3) is 1.00. The van der Waals surface area contributed by atoms with Crippen LogP contribution in [0.3, 0.4) is 0 Å². The van der Waals surface area contributed by atoms with E-state index < -0.39 is 0 Å². The van der Waals surface area contributed by atoms with Crippen molar-refractivity contribution >= 4 is 7.85 Å². The summed E-state index contributed by atoms with van der Waals surface area (Å²) in [5.74, 6) is 0. The first-order chi connectivity index (χ1) is 7.85. The molecule has 0 saturated heterocycles. The predicted molar refractivity (Wildman–Crippen MR) is 69.9 cm³/mol. The number of unbranched alkanes of at least 4 members (excludes halogenated alkanes) is 3. The second kappa shape index (κ2) is 13.1. The van der Waals surface area contributed by atoms with Crippen LogP contribution in [0.4, 0.5) is 0 Å². The van der Waals surface area contributed by atoms with Crippen molar-refractivity contribution in [2.45, 2.75) is 71.4 Å². The molecule has 0 spiro atoms. The van der Waals surface area contributed by atoms with Gasteiger partial charge in [-0.2, -0.15) is 0 Å². The summed E-state index contributed by atoms with van der Waals surface area (Å²) >= 11 is 0. The first kappa shape index (κ1) is 16.0. The van der Waals surface area contributed by atoms with Crippen LogP contribution in [0, 0.1) is 0 Å². The maximum Gasteiger partial charge on any atom is 0.157 e. The molecular weight excluding hydrogens is 199 g/mol. The predicted octanol–water partition coefficient (Wildman–Crippen LogP) is 3.70. The third-order valence-electron chi connectivity index (χ3n) is 2.50. The molecule has 0 heterocycles. The highest BCUT2D eigenvalue weighted by Gasteiger charge is 2.08. The van der Waals surface area contributed by atoms with Gasteiger partial charge < -0.3 is 9.47 Å². The smallest absolute Gasteiger partial charge is 0.157 e. The van der Waals surface area contributed by atoms with Crippen LogP contribution in [0.15, 0.2) is 0 Å². The largest absolute Gasteiger partial charge is 0.353 e. The number of hydrogen-bond donors (Lipinski definition) is 0. The maximum atomic E-state index is 5.71. The van der Waals surface area contributed by atoms with Gasteiger partial charge in [-0.1, -0.05) is 39.4 Å². The van der Waals surface area contributed by atoms with E-state index >= 15 is 0 Å². The minimum atomic E-state index is -0.00958. The number of ether oxygens (including phenoxy) is 2. The summed E-state index contributed by atoms with van der Waals surface area (Å²) < 4.78 is 11.4. The lowest BCUT2D eigenvalue weighted by Gasteiger charge is -2.18. The molecule has 0 rings (SSSR count). The molecule has 0 bridgehead atoms. The summed E-state index contributed by atoms with van der Waals surface area (Å²) in [5, 5.41) is 0. The quantitative estimate of drug-likeness (QED) is 0.287. The van der Waals surface area contributed by atoms with Gasteiger partial charge in [0.2, 0.25) is 0 Å². The minimum Gasteiger partial charge on any atom is -0.353 e. The van der Waals surface area contributed by atoms with Gasteiger partial charge in [0, 0.05) is 13.2 Å². The molecule has 0 aromatic rings. The monoisotopic (exact) mass is 226 g/mol. The van der Waals surface area contributed by atoms with Crippen molar-refractivity contribution in [3.63, 3.8) is 0 Å². The van der Waals surface area contributed by atoms with Crippen LogP contribution >= 0.6 is 0 Å². The number of hydrogen-bond acceptors (Lipinski definition) is 2. The van der Waals surface area contributed by atoms with Crippen LogP contribution in [0.2, 0.25) is 6.32 Å². The van der Waals surface area contributed by atoms with E-state index in [-0.39, 0.29) is 6.29 Å². The molecule has 0 fully saturated rings. The standard InChI is InChI=1S/C13H27BO2/c1-3-5-11-15-13(9-7-8-10-14)16-12-6-4-2/h13H,3-12H2,1-2H3. The molecular formula is C13H27BO2. The van der Waals surface area contributed by atoms with E-state index in [2.05, 4.69) is 13.8 Å². The van der Waals surface area contributed by atoms with Gasteiger partial charge in [0.25, 0.3) is 0 Å². The molecule has 0 aliphatic heterocycles. The van der Waals surface area contributed by atoms with Crippen molar-refractivity contribution in [3.05, 3.63) is 0 Å². The molecule has 0 aromatic heterocycles. The maximum absolute atomic E-state index is 5.71. The van der Waals surface area contributed by atoms with Crippen molar-refractivity contribution in [3.8, 4) is 0 Å². The van der Waals surface area contributed by atoms with E-state index in [9.17, 15) is 0 Å². The molecule has 2 nitrogen and oxygen atoms in total. The molecule has 0 aliphatic rings. The highest BCUT2D eigenvalue weighted by Crippen LogP contribution is 2.09. The van der Waals surface area contributed by atoms with Crippen LogP contribution in [0.1, 0.15) is 58.8 Å². The van der Waals surface area contributed by atoms with Crippen molar-refractivity contribution < 1.29 is 9.47 Å². The summed E-state index contributed by atoms with van der Waals surface area (Å²) in [5.41, 5.74) is 0. The Balaban J connectivity index is 3.58. The fourth-order valence-electron chi connectivity index (χ4n) is 1.39. The average Bonchev–Trinajstić information content (AvgIpc) is 2.29. The Hall–Kier alpha value is -0.0151. The van der Waals surface area contributed by atoms with Crippen molar-refractivity contribution in [1.82, 2.24) is 0 Å². The number of rotatable bonds is 12. The molecule has 0 saturated carbocycles. The average molecular weight is 226 g/mol. The molecule has 3 heteroatoms. The van der Waals surface area contributed by atoms with Crippen LogP contribution in [0.25, 0.3) is 0 Å². The molecule has 94 valence electrons. The van der Waals surface area contributed by atoms with Crippen molar-refractivity contribution in [1.29, 1.82) is 0 Å². The Bertz CT molecular complexity index is 107. The molecule has 0 N–H and O–H groups in total. The summed E-state index contributed by atoms with van der Waals surface area (Å²) in [4.78, 5) is 0. The zero-order chi connectivity index (χ0) is 12.1. The van der Waals surface area contributed by atoms with Gasteiger partial charge >= 0.3 is 0 Å². The lowest BCUT2D eigenvalue weighted by molar-refractivity contribution is -0.147. The highest BCUT2D eigenvalue weighted by atomic mass is 16.7. The van der Waals surface area contributed by atoms with Gasteiger partial charge in [0.1, 0.15) is 0 Å².